The van der Waals surface area contributed by atoms with Crippen LogP contribution < -0.4 is 10.6 Å². The average Bonchev–Trinajstić information content (AvgIpc) is 2.64. The van der Waals surface area contributed by atoms with Crippen LogP contribution in [0.5, 0.6) is 0 Å². The topological polar surface area (TPSA) is 49.8 Å². The van der Waals surface area contributed by atoms with Crippen LogP contribution in [0, 0.1) is 0 Å². The van der Waals surface area contributed by atoms with Gasteiger partial charge in [-0.25, -0.2) is 9.97 Å². The lowest BCUT2D eigenvalue weighted by atomic mass is 10.0. The number of hydrogen-bond donors (Lipinski definition) is 2. The monoisotopic (exact) mass is 412 g/mol. The van der Waals surface area contributed by atoms with E-state index in [4.69, 9.17) is 4.98 Å². The Kier molecular flexibility index (Phi) is 6.45. The third-order valence-electron chi connectivity index (χ3n) is 4.30. The summed E-state index contributed by atoms with van der Waals surface area (Å²) in [6.07, 6.45) is 3.97. The van der Waals surface area contributed by atoms with E-state index in [1.54, 1.807) is 6.20 Å². The van der Waals surface area contributed by atoms with E-state index in [2.05, 4.69) is 63.6 Å². The molecule has 0 spiro atoms. The van der Waals surface area contributed by atoms with Gasteiger partial charge < -0.3 is 10.6 Å². The van der Waals surface area contributed by atoms with Crippen molar-refractivity contribution in [3.05, 3.63) is 58.7 Å². The molecular formula is C21H25BrN4. The summed E-state index contributed by atoms with van der Waals surface area (Å²) in [7, 11) is 0. The molecule has 2 heterocycles. The van der Waals surface area contributed by atoms with E-state index in [0.717, 1.165) is 47.6 Å². The first-order valence-corrected chi connectivity index (χ1v) is 9.92. The van der Waals surface area contributed by atoms with Crippen molar-refractivity contribution in [1.29, 1.82) is 0 Å². The van der Waals surface area contributed by atoms with E-state index in [1.165, 1.54) is 10.9 Å². The van der Waals surface area contributed by atoms with Gasteiger partial charge in [0.15, 0.2) is 0 Å². The van der Waals surface area contributed by atoms with Gasteiger partial charge in [0.05, 0.1) is 5.52 Å². The summed E-state index contributed by atoms with van der Waals surface area (Å²) < 4.78 is 1.09. The molecule has 0 radical (unpaired) electrons. The molecule has 3 rings (SSSR count). The fourth-order valence-electron chi connectivity index (χ4n) is 2.89. The Morgan fingerprint density at radius 1 is 1.00 bits per heavy atom. The van der Waals surface area contributed by atoms with Gasteiger partial charge in [-0.1, -0.05) is 35.8 Å². The first kappa shape index (κ1) is 18.6. The largest absolute Gasteiger partial charge is 0.370 e. The van der Waals surface area contributed by atoms with Crippen molar-refractivity contribution < 1.29 is 0 Å². The highest BCUT2D eigenvalue weighted by Crippen LogP contribution is 2.28. The third kappa shape index (κ3) is 4.94. The SMILES string of the molecule is CC(C)c1cc2cc(Br)ccc2nc1NCCCCNc1ccccn1. The highest BCUT2D eigenvalue weighted by molar-refractivity contribution is 9.10. The Morgan fingerprint density at radius 3 is 2.54 bits per heavy atom. The normalized spacial score (nSPS) is 11.1. The maximum atomic E-state index is 4.85. The van der Waals surface area contributed by atoms with Crippen LogP contribution in [-0.2, 0) is 0 Å². The smallest absolute Gasteiger partial charge is 0.130 e. The van der Waals surface area contributed by atoms with Crippen LogP contribution in [0.2, 0.25) is 0 Å². The van der Waals surface area contributed by atoms with Crippen LogP contribution in [0.15, 0.2) is 53.1 Å². The van der Waals surface area contributed by atoms with Crippen molar-refractivity contribution in [3.63, 3.8) is 0 Å². The summed E-state index contributed by atoms with van der Waals surface area (Å²) in [5.74, 6) is 2.37. The number of aromatic nitrogens is 2. The van der Waals surface area contributed by atoms with Gasteiger partial charge in [-0.05, 0) is 60.7 Å². The van der Waals surface area contributed by atoms with Crippen LogP contribution in [0.25, 0.3) is 10.9 Å². The van der Waals surface area contributed by atoms with Crippen LogP contribution >= 0.6 is 15.9 Å². The molecule has 1 aromatic carbocycles. The van der Waals surface area contributed by atoms with Crippen LogP contribution in [0.4, 0.5) is 11.6 Å². The molecule has 26 heavy (non-hydrogen) atoms. The maximum absolute atomic E-state index is 4.85. The average molecular weight is 413 g/mol. The van der Waals surface area contributed by atoms with Crippen molar-refractivity contribution in [2.24, 2.45) is 0 Å². The zero-order valence-electron chi connectivity index (χ0n) is 15.3. The van der Waals surface area contributed by atoms with Crippen molar-refractivity contribution in [2.75, 3.05) is 23.7 Å². The number of nitrogens with zero attached hydrogens (tertiary/aromatic N) is 2. The Hall–Kier alpha value is -2.14. The van der Waals surface area contributed by atoms with Gasteiger partial charge in [0.2, 0.25) is 0 Å². The molecule has 4 nitrogen and oxygen atoms in total. The fraction of sp³-hybridized carbons (Fsp3) is 0.333. The number of halogens is 1. The quantitative estimate of drug-likeness (QED) is 0.457. The third-order valence-corrected chi connectivity index (χ3v) is 4.79. The molecule has 0 atom stereocenters. The van der Waals surface area contributed by atoms with E-state index in [9.17, 15) is 0 Å². The number of unbranched alkanes of at least 4 members (excludes halogenated alkanes) is 1. The lowest BCUT2D eigenvalue weighted by Crippen LogP contribution is -2.10. The number of hydrogen-bond acceptors (Lipinski definition) is 4. The number of pyridine rings is 2. The molecule has 2 N–H and O–H groups in total. The second-order valence-corrected chi connectivity index (χ2v) is 7.61. The molecule has 0 unspecified atom stereocenters. The van der Waals surface area contributed by atoms with Crippen LogP contribution in [0.3, 0.4) is 0 Å². The summed E-state index contributed by atoms with van der Waals surface area (Å²) in [5.41, 5.74) is 2.29. The molecule has 0 amide bonds. The zero-order valence-corrected chi connectivity index (χ0v) is 16.9. The van der Waals surface area contributed by atoms with E-state index in [0.29, 0.717) is 5.92 Å². The van der Waals surface area contributed by atoms with Crippen molar-refractivity contribution in [2.45, 2.75) is 32.6 Å². The molecule has 0 bridgehead atoms. The number of benzene rings is 1. The van der Waals surface area contributed by atoms with E-state index >= 15 is 0 Å². The van der Waals surface area contributed by atoms with Gasteiger partial charge in [0, 0.05) is 29.1 Å². The molecule has 0 aliphatic heterocycles. The molecule has 0 fully saturated rings. The number of nitrogens with one attached hydrogen (secondary N) is 2. The van der Waals surface area contributed by atoms with E-state index in [1.807, 2.05) is 24.3 Å². The van der Waals surface area contributed by atoms with Gasteiger partial charge in [0.1, 0.15) is 11.6 Å². The Labute approximate surface area is 163 Å². The minimum Gasteiger partial charge on any atom is -0.370 e. The predicted octanol–water partition coefficient (Wildman–Crippen LogP) is 5.82. The standard InChI is InChI=1S/C21H25BrN4/c1-15(2)18-14-16-13-17(22)8-9-19(16)26-21(18)25-12-6-5-11-24-20-7-3-4-10-23-20/h3-4,7-10,13-15H,5-6,11-12H2,1-2H3,(H,23,24)(H,25,26). The Bertz CT molecular complexity index is 849. The van der Waals surface area contributed by atoms with E-state index < -0.39 is 0 Å². The molecule has 0 saturated carbocycles. The minimum atomic E-state index is 0.430. The number of fused-ring (bicyclic) bond motifs is 1. The first-order chi connectivity index (χ1) is 12.6. The molecule has 3 aromatic rings. The fourth-order valence-corrected chi connectivity index (χ4v) is 3.26. The highest BCUT2D eigenvalue weighted by atomic mass is 79.9. The van der Waals surface area contributed by atoms with Gasteiger partial charge >= 0.3 is 0 Å². The Morgan fingerprint density at radius 2 is 1.81 bits per heavy atom. The summed E-state index contributed by atoms with van der Waals surface area (Å²) in [6.45, 7) is 6.26. The number of anilines is 2. The van der Waals surface area contributed by atoms with E-state index in [-0.39, 0.29) is 0 Å². The molecular weight excluding hydrogens is 388 g/mol. The van der Waals surface area contributed by atoms with Gasteiger partial charge in [0.25, 0.3) is 0 Å². The maximum Gasteiger partial charge on any atom is 0.130 e. The molecule has 0 aliphatic rings. The first-order valence-electron chi connectivity index (χ1n) is 9.12. The summed E-state index contributed by atoms with van der Waals surface area (Å²) in [5, 5.41) is 8.05. The second kappa shape index (κ2) is 8.99. The van der Waals surface area contributed by atoms with Gasteiger partial charge in [-0.2, -0.15) is 0 Å². The van der Waals surface area contributed by atoms with Crippen LogP contribution in [0.1, 0.15) is 38.2 Å². The highest BCUT2D eigenvalue weighted by Gasteiger charge is 2.10. The molecule has 136 valence electrons. The summed E-state index contributed by atoms with van der Waals surface area (Å²) in [4.78, 5) is 9.12. The predicted molar refractivity (Wildman–Crippen MR) is 114 cm³/mol. The van der Waals surface area contributed by atoms with Crippen molar-refractivity contribution in [3.8, 4) is 0 Å². The second-order valence-electron chi connectivity index (χ2n) is 6.69. The minimum absolute atomic E-state index is 0.430. The molecule has 5 heteroatoms. The molecule has 0 aliphatic carbocycles. The summed E-state index contributed by atoms with van der Waals surface area (Å²) >= 11 is 3.54. The molecule has 2 aromatic heterocycles. The van der Waals surface area contributed by atoms with Crippen LogP contribution in [-0.4, -0.2) is 23.1 Å². The summed E-state index contributed by atoms with van der Waals surface area (Å²) in [6, 6.07) is 14.4. The van der Waals surface area contributed by atoms with Crippen molar-refractivity contribution >= 4 is 38.5 Å². The zero-order chi connectivity index (χ0) is 18.4. The number of rotatable bonds is 8. The lowest BCUT2D eigenvalue weighted by Gasteiger charge is -2.15. The molecule has 0 saturated heterocycles. The Balaban J connectivity index is 1.56. The lowest BCUT2D eigenvalue weighted by molar-refractivity contribution is 0.786. The van der Waals surface area contributed by atoms with Gasteiger partial charge in [-0.3, -0.25) is 0 Å². The van der Waals surface area contributed by atoms with Crippen molar-refractivity contribution in [1.82, 2.24) is 9.97 Å². The van der Waals surface area contributed by atoms with Gasteiger partial charge in [-0.15, -0.1) is 0 Å².